The van der Waals surface area contributed by atoms with Gasteiger partial charge in [-0.15, -0.1) is 0 Å². The van der Waals surface area contributed by atoms with Gasteiger partial charge in [0.2, 0.25) is 0 Å². The van der Waals surface area contributed by atoms with Crippen LogP contribution >= 0.6 is 0 Å². The zero-order valence-electron chi connectivity index (χ0n) is 10.0. The normalized spacial score (nSPS) is 13.2. The van der Waals surface area contributed by atoms with Crippen molar-refractivity contribution < 1.29 is 22.7 Å². The van der Waals surface area contributed by atoms with E-state index in [-0.39, 0.29) is 6.61 Å². The Morgan fingerprint density at radius 3 is 2.28 bits per heavy atom. The Balaban J connectivity index is 2.92. The third-order valence-electron chi connectivity index (χ3n) is 2.38. The van der Waals surface area contributed by atoms with Crippen molar-refractivity contribution >= 4 is 5.97 Å². The topological polar surface area (TPSA) is 38.3 Å². The number of nitrogens with one attached hydrogen (secondary N) is 1. The largest absolute Gasteiger partial charge is 0.465 e. The van der Waals surface area contributed by atoms with Crippen molar-refractivity contribution in [2.75, 3.05) is 13.7 Å². The molecule has 0 fully saturated rings. The molecular weight excluding hydrogens is 247 g/mol. The predicted molar refractivity (Wildman–Crippen MR) is 59.9 cm³/mol. The van der Waals surface area contributed by atoms with Gasteiger partial charge in [0, 0.05) is 0 Å². The summed E-state index contributed by atoms with van der Waals surface area (Å²) in [6.07, 6.45) is -4.38. The number of halogens is 3. The highest BCUT2D eigenvalue weighted by molar-refractivity contribution is 5.77. The lowest BCUT2D eigenvalue weighted by atomic mass is 10.0. The van der Waals surface area contributed by atoms with Crippen LogP contribution in [0.2, 0.25) is 0 Å². The number of esters is 1. The van der Waals surface area contributed by atoms with Gasteiger partial charge in [0.15, 0.2) is 0 Å². The van der Waals surface area contributed by atoms with Gasteiger partial charge < -0.3 is 10.1 Å². The number of likely N-dealkylation sites (N-methyl/N-ethyl adjacent to an activating group) is 1. The summed E-state index contributed by atoms with van der Waals surface area (Å²) in [6.45, 7) is 1.88. The number of carbonyl (C=O) groups excluding carboxylic acids is 1. The van der Waals surface area contributed by atoms with E-state index < -0.39 is 23.8 Å². The third-order valence-corrected chi connectivity index (χ3v) is 2.38. The summed E-state index contributed by atoms with van der Waals surface area (Å²) in [5, 5.41) is 2.71. The second-order valence-corrected chi connectivity index (χ2v) is 3.59. The smallest absolute Gasteiger partial charge is 0.416 e. The highest BCUT2D eigenvalue weighted by atomic mass is 19.4. The molecule has 1 aromatic rings. The number of hydrogen-bond donors (Lipinski definition) is 1. The number of alkyl halides is 3. The number of hydrogen-bond acceptors (Lipinski definition) is 3. The van der Waals surface area contributed by atoms with E-state index in [1.807, 2.05) is 0 Å². The Labute approximate surface area is 103 Å². The first-order chi connectivity index (χ1) is 8.40. The Morgan fingerprint density at radius 1 is 1.33 bits per heavy atom. The number of ether oxygens (including phenoxy) is 1. The maximum atomic E-state index is 12.4. The van der Waals surface area contributed by atoms with Crippen LogP contribution in [-0.2, 0) is 15.7 Å². The zero-order chi connectivity index (χ0) is 13.8. The van der Waals surface area contributed by atoms with E-state index in [0.29, 0.717) is 5.56 Å². The van der Waals surface area contributed by atoms with E-state index in [0.717, 1.165) is 12.1 Å². The van der Waals surface area contributed by atoms with Gasteiger partial charge in [-0.3, -0.25) is 0 Å². The van der Waals surface area contributed by atoms with Crippen molar-refractivity contribution in [1.82, 2.24) is 5.32 Å². The lowest BCUT2D eigenvalue weighted by Crippen LogP contribution is -2.27. The van der Waals surface area contributed by atoms with Crippen molar-refractivity contribution in [3.63, 3.8) is 0 Å². The standard InChI is InChI=1S/C12H14F3NO2/c1-3-18-11(17)10(16-2)8-4-6-9(7-5-8)12(13,14)15/h4-7,10,16H,3H2,1-2H3. The molecule has 100 valence electrons. The molecule has 1 aromatic carbocycles. The molecule has 0 saturated heterocycles. The maximum Gasteiger partial charge on any atom is 0.416 e. The average Bonchev–Trinajstić information content (AvgIpc) is 2.30. The Kier molecular flexibility index (Phi) is 4.72. The van der Waals surface area contributed by atoms with Crippen molar-refractivity contribution in [1.29, 1.82) is 0 Å². The van der Waals surface area contributed by atoms with Gasteiger partial charge in [-0.25, -0.2) is 4.79 Å². The minimum atomic E-state index is -4.38. The fraction of sp³-hybridized carbons (Fsp3) is 0.417. The van der Waals surface area contributed by atoms with Gasteiger partial charge in [0.25, 0.3) is 0 Å². The third kappa shape index (κ3) is 3.46. The summed E-state index contributed by atoms with van der Waals surface area (Å²) >= 11 is 0. The molecule has 0 spiro atoms. The molecule has 0 amide bonds. The monoisotopic (exact) mass is 261 g/mol. The predicted octanol–water partition coefficient (Wildman–Crippen LogP) is 2.53. The fourth-order valence-electron chi connectivity index (χ4n) is 1.51. The molecule has 6 heteroatoms. The summed E-state index contributed by atoms with van der Waals surface area (Å²) < 4.78 is 41.9. The van der Waals surface area contributed by atoms with Gasteiger partial charge >= 0.3 is 12.1 Å². The lowest BCUT2D eigenvalue weighted by molar-refractivity contribution is -0.145. The second kappa shape index (κ2) is 5.86. The molecule has 1 rings (SSSR count). The van der Waals surface area contributed by atoms with E-state index in [4.69, 9.17) is 4.74 Å². The molecular formula is C12H14F3NO2. The van der Waals surface area contributed by atoms with E-state index in [1.54, 1.807) is 14.0 Å². The molecule has 0 aromatic heterocycles. The van der Waals surface area contributed by atoms with Gasteiger partial charge in [0.05, 0.1) is 12.2 Å². The van der Waals surface area contributed by atoms with Crippen LogP contribution in [0.15, 0.2) is 24.3 Å². The van der Waals surface area contributed by atoms with Crippen LogP contribution in [-0.4, -0.2) is 19.6 Å². The maximum absolute atomic E-state index is 12.4. The van der Waals surface area contributed by atoms with Crippen LogP contribution in [0.25, 0.3) is 0 Å². The molecule has 1 N–H and O–H groups in total. The van der Waals surface area contributed by atoms with Crippen LogP contribution in [0, 0.1) is 0 Å². The molecule has 18 heavy (non-hydrogen) atoms. The number of benzene rings is 1. The molecule has 3 nitrogen and oxygen atoms in total. The van der Waals surface area contributed by atoms with Gasteiger partial charge in [-0.2, -0.15) is 13.2 Å². The molecule has 0 radical (unpaired) electrons. The summed E-state index contributed by atoms with van der Waals surface area (Å²) in [6, 6.07) is 3.66. The van der Waals surface area contributed by atoms with Crippen LogP contribution in [0.4, 0.5) is 13.2 Å². The van der Waals surface area contributed by atoms with Gasteiger partial charge in [-0.05, 0) is 31.7 Å². The van der Waals surface area contributed by atoms with Crippen molar-refractivity contribution in [2.45, 2.75) is 19.1 Å². The molecule has 0 aliphatic heterocycles. The molecule has 0 aliphatic rings. The van der Waals surface area contributed by atoms with Gasteiger partial charge in [-0.1, -0.05) is 12.1 Å². The number of carbonyl (C=O) groups is 1. The quantitative estimate of drug-likeness (QED) is 0.846. The Bertz CT molecular complexity index is 401. The first kappa shape index (κ1) is 14.5. The van der Waals surface area contributed by atoms with Crippen LogP contribution < -0.4 is 5.32 Å². The molecule has 1 atom stereocenters. The van der Waals surface area contributed by atoms with Crippen LogP contribution in [0.1, 0.15) is 24.1 Å². The summed E-state index contributed by atoms with van der Waals surface area (Å²) in [7, 11) is 1.54. The zero-order valence-corrected chi connectivity index (χ0v) is 10.0. The number of rotatable bonds is 4. The van der Waals surface area contributed by atoms with E-state index in [9.17, 15) is 18.0 Å². The summed E-state index contributed by atoms with van der Waals surface area (Å²) in [5.74, 6) is -0.514. The molecule has 0 bridgehead atoms. The molecule has 0 saturated carbocycles. The molecule has 0 heterocycles. The van der Waals surface area contributed by atoms with Gasteiger partial charge in [0.1, 0.15) is 6.04 Å². The minimum Gasteiger partial charge on any atom is -0.465 e. The van der Waals surface area contributed by atoms with Crippen LogP contribution in [0.3, 0.4) is 0 Å². The van der Waals surface area contributed by atoms with Crippen molar-refractivity contribution in [2.24, 2.45) is 0 Å². The highest BCUT2D eigenvalue weighted by Gasteiger charge is 2.30. The highest BCUT2D eigenvalue weighted by Crippen LogP contribution is 2.30. The van der Waals surface area contributed by atoms with Crippen molar-refractivity contribution in [3.8, 4) is 0 Å². The Hall–Kier alpha value is -1.56. The average molecular weight is 261 g/mol. The first-order valence-corrected chi connectivity index (χ1v) is 5.41. The molecule has 0 aliphatic carbocycles. The minimum absolute atomic E-state index is 0.220. The van der Waals surface area contributed by atoms with E-state index in [1.165, 1.54) is 12.1 Å². The molecule has 1 unspecified atom stereocenters. The Morgan fingerprint density at radius 2 is 1.89 bits per heavy atom. The summed E-state index contributed by atoms with van der Waals surface area (Å²) in [5.41, 5.74) is -0.311. The fourth-order valence-corrected chi connectivity index (χ4v) is 1.51. The first-order valence-electron chi connectivity index (χ1n) is 5.41. The lowest BCUT2D eigenvalue weighted by Gasteiger charge is -2.15. The van der Waals surface area contributed by atoms with E-state index >= 15 is 0 Å². The van der Waals surface area contributed by atoms with Crippen LogP contribution in [0.5, 0.6) is 0 Å². The van der Waals surface area contributed by atoms with E-state index in [2.05, 4.69) is 5.32 Å². The summed E-state index contributed by atoms with van der Waals surface area (Å²) in [4.78, 5) is 11.5. The SMILES string of the molecule is CCOC(=O)C(NC)c1ccc(C(F)(F)F)cc1. The second-order valence-electron chi connectivity index (χ2n) is 3.59. The van der Waals surface area contributed by atoms with Crippen molar-refractivity contribution in [3.05, 3.63) is 35.4 Å².